The monoisotopic (exact) mass is 354 g/mol. The van der Waals surface area contributed by atoms with E-state index in [1.807, 2.05) is 48.3 Å². The van der Waals surface area contributed by atoms with Gasteiger partial charge in [0.1, 0.15) is 0 Å². The summed E-state index contributed by atoms with van der Waals surface area (Å²) < 4.78 is 10.7. The van der Waals surface area contributed by atoms with Crippen LogP contribution in [0.1, 0.15) is 11.1 Å². The van der Waals surface area contributed by atoms with Gasteiger partial charge in [0.2, 0.25) is 5.91 Å². The van der Waals surface area contributed by atoms with Gasteiger partial charge in [-0.15, -0.1) is 0 Å². The number of methoxy groups -OCH3 is 2. The van der Waals surface area contributed by atoms with Gasteiger partial charge in [0.25, 0.3) is 0 Å². The zero-order valence-electron chi connectivity index (χ0n) is 15.6. The summed E-state index contributed by atoms with van der Waals surface area (Å²) >= 11 is 0. The summed E-state index contributed by atoms with van der Waals surface area (Å²) in [6.45, 7) is 2.11. The zero-order chi connectivity index (χ0) is 18.5. The average molecular weight is 354 g/mol. The Morgan fingerprint density at radius 3 is 2.42 bits per heavy atom. The zero-order valence-corrected chi connectivity index (χ0v) is 15.6. The quantitative estimate of drug-likeness (QED) is 0.800. The second-order valence-corrected chi connectivity index (χ2v) is 6.71. The van der Waals surface area contributed by atoms with Crippen LogP contribution in [0.4, 0.5) is 0 Å². The molecule has 26 heavy (non-hydrogen) atoms. The molecule has 5 nitrogen and oxygen atoms in total. The second kappa shape index (κ2) is 8.23. The van der Waals surface area contributed by atoms with Gasteiger partial charge in [-0.05, 0) is 29.7 Å². The molecular weight excluding hydrogens is 328 g/mol. The first-order chi connectivity index (χ1) is 12.6. The summed E-state index contributed by atoms with van der Waals surface area (Å²) in [5, 5.41) is 0. The smallest absolute Gasteiger partial charge is 0.236 e. The van der Waals surface area contributed by atoms with Gasteiger partial charge in [0.05, 0.1) is 20.8 Å². The normalized spacial score (nSPS) is 18.0. The van der Waals surface area contributed by atoms with Gasteiger partial charge in [0.15, 0.2) is 11.5 Å². The predicted octanol–water partition coefficient (Wildman–Crippen LogP) is 2.59. The molecule has 2 aromatic carbocycles. The van der Waals surface area contributed by atoms with Gasteiger partial charge >= 0.3 is 0 Å². The maximum absolute atomic E-state index is 12.5. The van der Waals surface area contributed by atoms with Crippen LogP contribution < -0.4 is 9.47 Å². The molecule has 0 N–H and O–H groups in total. The highest BCUT2D eigenvalue weighted by Gasteiger charge is 2.30. The molecule has 1 amide bonds. The van der Waals surface area contributed by atoms with Crippen molar-refractivity contribution in [1.82, 2.24) is 9.80 Å². The highest BCUT2D eigenvalue weighted by atomic mass is 16.5. The molecule has 0 radical (unpaired) electrons. The molecule has 0 bridgehead atoms. The van der Waals surface area contributed by atoms with Crippen LogP contribution in [0.25, 0.3) is 0 Å². The van der Waals surface area contributed by atoms with Crippen molar-refractivity contribution in [2.45, 2.75) is 19.0 Å². The van der Waals surface area contributed by atoms with Crippen LogP contribution in [0.3, 0.4) is 0 Å². The maximum atomic E-state index is 12.5. The van der Waals surface area contributed by atoms with Crippen molar-refractivity contribution in [2.24, 2.45) is 0 Å². The van der Waals surface area contributed by atoms with E-state index in [1.54, 1.807) is 14.2 Å². The summed E-state index contributed by atoms with van der Waals surface area (Å²) in [6.07, 6.45) is 0.786. The average Bonchev–Trinajstić information content (AvgIpc) is 2.66. The minimum Gasteiger partial charge on any atom is -0.493 e. The molecule has 1 atom stereocenters. The van der Waals surface area contributed by atoms with Crippen molar-refractivity contribution in [2.75, 3.05) is 34.4 Å². The van der Waals surface area contributed by atoms with E-state index in [4.69, 9.17) is 9.47 Å². The van der Waals surface area contributed by atoms with Crippen LogP contribution in [-0.2, 0) is 17.8 Å². The molecule has 0 saturated carbocycles. The van der Waals surface area contributed by atoms with Crippen molar-refractivity contribution in [1.29, 1.82) is 0 Å². The third-order valence-corrected chi connectivity index (χ3v) is 4.94. The molecule has 1 aliphatic rings. The van der Waals surface area contributed by atoms with Crippen molar-refractivity contribution in [3.8, 4) is 11.5 Å². The number of nitrogens with zero attached hydrogens (tertiary/aromatic N) is 2. The van der Waals surface area contributed by atoms with Crippen LogP contribution in [0.15, 0.2) is 48.5 Å². The van der Waals surface area contributed by atoms with Crippen LogP contribution in [0, 0.1) is 0 Å². The number of carbonyl (C=O) groups is 1. The number of hydrogen-bond donors (Lipinski definition) is 0. The summed E-state index contributed by atoms with van der Waals surface area (Å²) in [5.41, 5.74) is 2.36. The Labute approximate surface area is 155 Å². The fraction of sp³-hybridized carbons (Fsp3) is 0.381. The molecular formula is C21H26N2O3. The van der Waals surface area contributed by atoms with E-state index >= 15 is 0 Å². The Hall–Kier alpha value is -2.53. The molecule has 138 valence electrons. The van der Waals surface area contributed by atoms with Crippen LogP contribution in [0.2, 0.25) is 0 Å². The highest BCUT2D eigenvalue weighted by molar-refractivity contribution is 5.79. The Kier molecular flexibility index (Phi) is 5.78. The van der Waals surface area contributed by atoms with E-state index in [2.05, 4.69) is 17.0 Å². The Morgan fingerprint density at radius 1 is 1.00 bits per heavy atom. The Morgan fingerprint density at radius 2 is 1.73 bits per heavy atom. The topological polar surface area (TPSA) is 42.0 Å². The number of carbonyl (C=O) groups excluding carboxylic acids is 1. The van der Waals surface area contributed by atoms with Crippen LogP contribution >= 0.6 is 0 Å². The predicted molar refractivity (Wildman–Crippen MR) is 102 cm³/mol. The number of likely N-dealkylation sites (N-methyl/N-ethyl adjacent to an activating group) is 1. The molecule has 1 heterocycles. The fourth-order valence-electron chi connectivity index (χ4n) is 3.43. The number of ether oxygens (including phenoxy) is 2. The Bertz CT molecular complexity index is 748. The minimum absolute atomic E-state index is 0.137. The first-order valence-corrected chi connectivity index (χ1v) is 8.83. The molecule has 3 rings (SSSR count). The first-order valence-electron chi connectivity index (χ1n) is 8.83. The summed E-state index contributed by atoms with van der Waals surface area (Å²) in [5.74, 6) is 1.60. The fourth-order valence-corrected chi connectivity index (χ4v) is 3.43. The second-order valence-electron chi connectivity index (χ2n) is 6.71. The molecule has 2 aromatic rings. The number of rotatable bonds is 6. The van der Waals surface area contributed by atoms with Crippen molar-refractivity contribution in [3.05, 3.63) is 59.7 Å². The molecule has 0 spiro atoms. The van der Waals surface area contributed by atoms with E-state index < -0.39 is 0 Å². The SMILES string of the molecule is COc1ccc(C[C@@H]2CN(Cc3ccccc3)CC(=O)N2C)cc1OC. The van der Waals surface area contributed by atoms with Crippen LogP contribution in [0.5, 0.6) is 11.5 Å². The lowest BCUT2D eigenvalue weighted by atomic mass is 10.0. The van der Waals surface area contributed by atoms with Gasteiger partial charge in [-0.25, -0.2) is 0 Å². The summed E-state index contributed by atoms with van der Waals surface area (Å²) in [4.78, 5) is 16.6. The van der Waals surface area contributed by atoms with E-state index in [0.717, 1.165) is 36.6 Å². The molecule has 0 aromatic heterocycles. The standard InChI is InChI=1S/C21H26N2O3/c1-22-18(11-17-9-10-19(25-2)20(12-17)26-3)14-23(15-21(22)24)13-16-7-5-4-6-8-16/h4-10,12,18H,11,13-15H2,1-3H3/t18-/m1/s1. The number of benzene rings is 2. The van der Waals surface area contributed by atoms with Crippen LogP contribution in [-0.4, -0.2) is 56.1 Å². The lowest BCUT2D eigenvalue weighted by molar-refractivity contribution is -0.138. The van der Waals surface area contributed by atoms with E-state index in [-0.39, 0.29) is 11.9 Å². The molecule has 1 saturated heterocycles. The van der Waals surface area contributed by atoms with Gasteiger partial charge < -0.3 is 14.4 Å². The van der Waals surface area contributed by atoms with Gasteiger partial charge in [-0.1, -0.05) is 36.4 Å². The first kappa shape index (κ1) is 18.3. The minimum atomic E-state index is 0.137. The third-order valence-electron chi connectivity index (χ3n) is 4.94. The van der Waals surface area contributed by atoms with E-state index in [9.17, 15) is 4.79 Å². The lowest BCUT2D eigenvalue weighted by Crippen LogP contribution is -2.55. The molecule has 1 aliphatic heterocycles. The number of hydrogen-bond acceptors (Lipinski definition) is 4. The van der Waals surface area contributed by atoms with E-state index in [0.29, 0.717) is 6.54 Å². The largest absolute Gasteiger partial charge is 0.493 e. The van der Waals surface area contributed by atoms with Crippen molar-refractivity contribution >= 4 is 5.91 Å². The van der Waals surface area contributed by atoms with Crippen molar-refractivity contribution in [3.63, 3.8) is 0 Å². The lowest BCUT2D eigenvalue weighted by Gasteiger charge is -2.39. The number of piperazine rings is 1. The highest BCUT2D eigenvalue weighted by Crippen LogP contribution is 2.28. The van der Waals surface area contributed by atoms with Gasteiger partial charge in [-0.3, -0.25) is 9.69 Å². The molecule has 5 heteroatoms. The Balaban J connectivity index is 1.72. The molecule has 1 fully saturated rings. The summed E-state index contributed by atoms with van der Waals surface area (Å²) in [6, 6.07) is 16.4. The van der Waals surface area contributed by atoms with E-state index in [1.165, 1.54) is 5.56 Å². The molecule has 0 aliphatic carbocycles. The maximum Gasteiger partial charge on any atom is 0.236 e. The molecule has 0 unspecified atom stereocenters. The van der Waals surface area contributed by atoms with Gasteiger partial charge in [0, 0.05) is 26.2 Å². The third kappa shape index (κ3) is 4.17. The summed E-state index contributed by atoms with van der Waals surface area (Å²) in [7, 11) is 5.17. The number of amides is 1. The van der Waals surface area contributed by atoms with Gasteiger partial charge in [-0.2, -0.15) is 0 Å². The van der Waals surface area contributed by atoms with Crippen molar-refractivity contribution < 1.29 is 14.3 Å².